The van der Waals surface area contributed by atoms with E-state index in [4.69, 9.17) is 9.47 Å². The molecule has 7 heteroatoms. The molecular weight excluding hydrogens is 335 g/mol. The van der Waals surface area contributed by atoms with Crippen molar-refractivity contribution >= 4 is 23.1 Å². The molecule has 3 rings (SSSR count). The fourth-order valence-electron chi connectivity index (χ4n) is 2.39. The molecule has 6 nitrogen and oxygen atoms in total. The number of nitrogens with one attached hydrogen (secondary N) is 2. The number of halogens is 1. The van der Waals surface area contributed by atoms with E-state index < -0.39 is 0 Å². The first kappa shape index (κ1) is 17.5. The van der Waals surface area contributed by atoms with Crippen LogP contribution in [-0.4, -0.2) is 24.2 Å². The van der Waals surface area contributed by atoms with Crippen molar-refractivity contribution in [2.45, 2.75) is 6.92 Å². The summed E-state index contributed by atoms with van der Waals surface area (Å²) < 4.78 is 23.6. The molecule has 0 bridgehead atoms. The highest BCUT2D eigenvalue weighted by Crippen LogP contribution is 2.31. The molecule has 134 valence electrons. The van der Waals surface area contributed by atoms with E-state index in [0.717, 1.165) is 11.4 Å². The van der Waals surface area contributed by atoms with Crippen LogP contribution in [0.15, 0.2) is 48.5 Å². The molecule has 1 aromatic heterocycles. The summed E-state index contributed by atoms with van der Waals surface area (Å²) in [6.07, 6.45) is 0. The van der Waals surface area contributed by atoms with Crippen molar-refractivity contribution in [3.63, 3.8) is 0 Å². The second-order valence-corrected chi connectivity index (χ2v) is 5.54. The van der Waals surface area contributed by atoms with Gasteiger partial charge in [0.05, 0.1) is 19.9 Å². The highest BCUT2D eigenvalue weighted by atomic mass is 19.1. The van der Waals surface area contributed by atoms with Gasteiger partial charge in [-0.15, -0.1) is 0 Å². The summed E-state index contributed by atoms with van der Waals surface area (Å²) in [6.45, 7) is 1.87. The van der Waals surface area contributed by atoms with Crippen LogP contribution in [0.1, 0.15) is 5.69 Å². The van der Waals surface area contributed by atoms with Crippen LogP contribution in [0.4, 0.5) is 27.5 Å². The first-order chi connectivity index (χ1) is 12.6. The lowest BCUT2D eigenvalue weighted by atomic mass is 10.2. The number of ether oxygens (including phenoxy) is 2. The molecule has 0 aliphatic heterocycles. The number of hydrogen-bond acceptors (Lipinski definition) is 6. The Morgan fingerprint density at radius 1 is 0.885 bits per heavy atom. The first-order valence-corrected chi connectivity index (χ1v) is 7.94. The normalized spacial score (nSPS) is 10.3. The van der Waals surface area contributed by atoms with E-state index in [0.29, 0.717) is 29.0 Å². The molecule has 0 saturated carbocycles. The van der Waals surface area contributed by atoms with E-state index in [1.807, 2.05) is 25.1 Å². The Kier molecular flexibility index (Phi) is 5.17. The predicted octanol–water partition coefficient (Wildman–Crippen LogP) is 4.43. The molecule has 0 aliphatic carbocycles. The Morgan fingerprint density at radius 2 is 1.65 bits per heavy atom. The maximum Gasteiger partial charge on any atom is 0.229 e. The van der Waals surface area contributed by atoms with Gasteiger partial charge in [-0.25, -0.2) is 9.37 Å². The SMILES string of the molecule is COc1ccc(Nc2cc(C)nc(Nc3ccc(F)cc3)n2)c(OC)c1. The summed E-state index contributed by atoms with van der Waals surface area (Å²) in [5, 5.41) is 6.28. The first-order valence-electron chi connectivity index (χ1n) is 7.94. The van der Waals surface area contributed by atoms with Crippen LogP contribution in [-0.2, 0) is 0 Å². The summed E-state index contributed by atoms with van der Waals surface area (Å²) >= 11 is 0. The van der Waals surface area contributed by atoms with Crippen LogP contribution < -0.4 is 20.1 Å². The second-order valence-electron chi connectivity index (χ2n) is 5.54. The number of aromatic nitrogens is 2. The second kappa shape index (κ2) is 7.69. The standard InChI is InChI=1S/C19H19FN4O2/c1-12-10-18(23-16-9-8-15(25-2)11-17(16)26-3)24-19(21-12)22-14-6-4-13(20)5-7-14/h4-11H,1-3H3,(H2,21,22,23,24). The maximum absolute atomic E-state index is 13.0. The third-order valence-corrected chi connectivity index (χ3v) is 3.63. The lowest BCUT2D eigenvalue weighted by Crippen LogP contribution is -2.03. The third-order valence-electron chi connectivity index (χ3n) is 3.63. The van der Waals surface area contributed by atoms with E-state index in [-0.39, 0.29) is 5.82 Å². The molecule has 0 spiro atoms. The van der Waals surface area contributed by atoms with E-state index in [1.165, 1.54) is 12.1 Å². The number of hydrogen-bond donors (Lipinski definition) is 2. The zero-order valence-electron chi connectivity index (χ0n) is 14.7. The predicted molar refractivity (Wildman–Crippen MR) is 99.3 cm³/mol. The van der Waals surface area contributed by atoms with Crippen LogP contribution in [0.2, 0.25) is 0 Å². The molecule has 26 heavy (non-hydrogen) atoms. The monoisotopic (exact) mass is 354 g/mol. The van der Waals surface area contributed by atoms with Gasteiger partial charge in [0.25, 0.3) is 0 Å². The topological polar surface area (TPSA) is 68.3 Å². The molecule has 0 saturated heterocycles. The number of methoxy groups -OCH3 is 2. The molecule has 0 atom stereocenters. The Labute approximate surface area is 151 Å². The van der Waals surface area contributed by atoms with Crippen molar-refractivity contribution in [1.29, 1.82) is 0 Å². The Bertz CT molecular complexity index is 901. The van der Waals surface area contributed by atoms with Gasteiger partial charge in [-0.1, -0.05) is 0 Å². The zero-order chi connectivity index (χ0) is 18.5. The van der Waals surface area contributed by atoms with E-state index in [9.17, 15) is 4.39 Å². The van der Waals surface area contributed by atoms with E-state index >= 15 is 0 Å². The smallest absolute Gasteiger partial charge is 0.229 e. The molecule has 0 radical (unpaired) electrons. The van der Waals surface area contributed by atoms with Crippen molar-refractivity contribution in [3.8, 4) is 11.5 Å². The molecule has 3 aromatic rings. The highest BCUT2D eigenvalue weighted by Gasteiger charge is 2.08. The average Bonchev–Trinajstić information content (AvgIpc) is 2.63. The van der Waals surface area contributed by atoms with Gasteiger partial charge in [-0.2, -0.15) is 4.98 Å². The zero-order valence-corrected chi connectivity index (χ0v) is 14.7. The van der Waals surface area contributed by atoms with Crippen LogP contribution in [0.25, 0.3) is 0 Å². The van der Waals surface area contributed by atoms with Gasteiger partial charge < -0.3 is 20.1 Å². The number of nitrogens with zero attached hydrogens (tertiary/aromatic N) is 2. The van der Waals surface area contributed by atoms with Gasteiger partial charge in [0, 0.05) is 23.5 Å². The van der Waals surface area contributed by atoms with Crippen LogP contribution in [0, 0.1) is 12.7 Å². The van der Waals surface area contributed by atoms with Crippen molar-refractivity contribution in [2.24, 2.45) is 0 Å². The maximum atomic E-state index is 13.0. The number of rotatable bonds is 6. The fourth-order valence-corrected chi connectivity index (χ4v) is 2.39. The minimum atomic E-state index is -0.297. The molecule has 0 unspecified atom stereocenters. The van der Waals surface area contributed by atoms with Crippen LogP contribution >= 0.6 is 0 Å². The molecule has 2 aromatic carbocycles. The van der Waals surface area contributed by atoms with Gasteiger partial charge >= 0.3 is 0 Å². The van der Waals surface area contributed by atoms with Crippen molar-refractivity contribution < 1.29 is 13.9 Å². The van der Waals surface area contributed by atoms with Gasteiger partial charge in [-0.05, 0) is 43.3 Å². The Morgan fingerprint density at radius 3 is 2.35 bits per heavy atom. The largest absolute Gasteiger partial charge is 0.497 e. The van der Waals surface area contributed by atoms with E-state index in [1.54, 1.807) is 32.4 Å². The number of anilines is 4. The summed E-state index contributed by atoms with van der Waals surface area (Å²) in [6, 6.07) is 13.3. The summed E-state index contributed by atoms with van der Waals surface area (Å²) in [5.74, 6) is 2.05. The van der Waals surface area contributed by atoms with Gasteiger partial charge in [0.2, 0.25) is 5.95 Å². The van der Waals surface area contributed by atoms with Gasteiger partial charge in [0.15, 0.2) is 0 Å². The van der Waals surface area contributed by atoms with Crippen molar-refractivity contribution in [3.05, 3.63) is 60.0 Å². The summed E-state index contributed by atoms with van der Waals surface area (Å²) in [5.41, 5.74) is 2.23. The van der Waals surface area contributed by atoms with Crippen molar-refractivity contribution in [2.75, 3.05) is 24.9 Å². The van der Waals surface area contributed by atoms with Gasteiger partial charge in [0.1, 0.15) is 23.1 Å². The van der Waals surface area contributed by atoms with E-state index in [2.05, 4.69) is 20.6 Å². The molecule has 2 N–H and O–H groups in total. The Hall–Kier alpha value is -3.35. The van der Waals surface area contributed by atoms with Crippen LogP contribution in [0.5, 0.6) is 11.5 Å². The lowest BCUT2D eigenvalue weighted by Gasteiger charge is -2.13. The molecule has 0 amide bonds. The summed E-state index contributed by atoms with van der Waals surface area (Å²) in [7, 11) is 3.19. The third kappa shape index (κ3) is 4.18. The minimum absolute atomic E-state index is 0.297. The highest BCUT2D eigenvalue weighted by molar-refractivity contribution is 5.67. The molecule has 1 heterocycles. The molecular formula is C19H19FN4O2. The Balaban J connectivity index is 1.85. The molecule has 0 aliphatic rings. The number of aryl methyl sites for hydroxylation is 1. The molecule has 0 fully saturated rings. The van der Waals surface area contributed by atoms with Crippen LogP contribution in [0.3, 0.4) is 0 Å². The summed E-state index contributed by atoms with van der Waals surface area (Å²) in [4.78, 5) is 8.81. The van der Waals surface area contributed by atoms with Crippen molar-refractivity contribution in [1.82, 2.24) is 9.97 Å². The number of benzene rings is 2. The minimum Gasteiger partial charge on any atom is -0.497 e. The lowest BCUT2D eigenvalue weighted by molar-refractivity contribution is 0.395. The quantitative estimate of drug-likeness (QED) is 0.683. The average molecular weight is 354 g/mol. The fraction of sp³-hybridized carbons (Fsp3) is 0.158. The van der Waals surface area contributed by atoms with Gasteiger partial charge in [-0.3, -0.25) is 0 Å².